The Balaban J connectivity index is 0.00000225. The molecule has 0 saturated carbocycles. The van der Waals surface area contributed by atoms with E-state index < -0.39 is 0 Å². The van der Waals surface area contributed by atoms with Gasteiger partial charge in [-0.2, -0.15) is 0 Å². The van der Waals surface area contributed by atoms with Crippen LogP contribution in [0.5, 0.6) is 5.75 Å². The van der Waals surface area contributed by atoms with E-state index in [0.29, 0.717) is 17.0 Å². The van der Waals surface area contributed by atoms with Crippen molar-refractivity contribution in [1.29, 1.82) is 0 Å². The van der Waals surface area contributed by atoms with Crippen molar-refractivity contribution in [3.05, 3.63) is 47.4 Å². The van der Waals surface area contributed by atoms with Crippen LogP contribution in [0.1, 0.15) is 34.5 Å². The van der Waals surface area contributed by atoms with E-state index in [9.17, 15) is 4.79 Å². The molecular weight excluding hydrogens is 344 g/mol. The lowest BCUT2D eigenvalue weighted by Crippen LogP contribution is -2.26. The molecule has 1 aliphatic heterocycles. The first-order valence-electron chi connectivity index (χ1n) is 8.09. The second-order valence-electron chi connectivity index (χ2n) is 5.87. The molecule has 1 saturated heterocycles. The number of hydrogen-bond acceptors (Lipinski definition) is 5. The molecule has 1 amide bonds. The zero-order chi connectivity index (χ0) is 16.9. The van der Waals surface area contributed by atoms with Gasteiger partial charge in [-0.25, -0.2) is 0 Å². The Bertz CT molecular complexity index is 711. The SMILES string of the molecule is Cc1cc(NC(=O)c2coc(CN)c2)ccc1OC1CCOCC1.Cl. The van der Waals surface area contributed by atoms with Crippen molar-refractivity contribution < 1.29 is 18.7 Å². The molecule has 0 bridgehead atoms. The number of halogens is 1. The van der Waals surface area contributed by atoms with Gasteiger partial charge in [0.25, 0.3) is 5.91 Å². The standard InChI is InChI=1S/C18H22N2O4.ClH/c1-12-8-14(20-18(21)13-9-16(10-19)23-11-13)2-3-17(12)24-15-4-6-22-7-5-15;/h2-3,8-9,11,15H,4-7,10,19H2,1H3,(H,20,21);1H. The molecule has 25 heavy (non-hydrogen) atoms. The fourth-order valence-corrected chi connectivity index (χ4v) is 2.64. The third-order valence-corrected chi connectivity index (χ3v) is 4.01. The third-order valence-electron chi connectivity index (χ3n) is 4.01. The fraction of sp³-hybridized carbons (Fsp3) is 0.389. The summed E-state index contributed by atoms with van der Waals surface area (Å²) >= 11 is 0. The normalized spacial score (nSPS) is 14.6. The molecule has 0 radical (unpaired) electrons. The summed E-state index contributed by atoms with van der Waals surface area (Å²) in [5, 5.41) is 2.85. The Labute approximate surface area is 153 Å². The predicted molar refractivity (Wildman–Crippen MR) is 97.4 cm³/mol. The van der Waals surface area contributed by atoms with Crippen LogP contribution in [0.3, 0.4) is 0 Å². The van der Waals surface area contributed by atoms with E-state index in [0.717, 1.165) is 37.4 Å². The number of ether oxygens (including phenoxy) is 2. The van der Waals surface area contributed by atoms with Gasteiger partial charge >= 0.3 is 0 Å². The van der Waals surface area contributed by atoms with Crippen LogP contribution in [0.2, 0.25) is 0 Å². The lowest BCUT2D eigenvalue weighted by molar-refractivity contribution is 0.0253. The molecule has 0 spiro atoms. The maximum atomic E-state index is 12.2. The van der Waals surface area contributed by atoms with E-state index >= 15 is 0 Å². The lowest BCUT2D eigenvalue weighted by atomic mass is 10.1. The van der Waals surface area contributed by atoms with Crippen LogP contribution < -0.4 is 15.8 Å². The Hall–Kier alpha value is -2.02. The van der Waals surface area contributed by atoms with Gasteiger partial charge in [-0.15, -0.1) is 12.4 Å². The fourth-order valence-electron chi connectivity index (χ4n) is 2.64. The van der Waals surface area contributed by atoms with Crippen LogP contribution in [-0.4, -0.2) is 25.2 Å². The molecular formula is C18H23ClN2O4. The van der Waals surface area contributed by atoms with E-state index in [1.165, 1.54) is 6.26 Å². The van der Waals surface area contributed by atoms with Gasteiger partial charge < -0.3 is 24.9 Å². The number of carbonyl (C=O) groups excluding carboxylic acids is 1. The molecule has 0 atom stereocenters. The number of nitrogens with one attached hydrogen (secondary N) is 1. The highest BCUT2D eigenvalue weighted by atomic mass is 35.5. The van der Waals surface area contributed by atoms with E-state index in [4.69, 9.17) is 19.6 Å². The molecule has 3 N–H and O–H groups in total. The average Bonchev–Trinajstić information content (AvgIpc) is 3.08. The van der Waals surface area contributed by atoms with Crippen LogP contribution in [0.25, 0.3) is 0 Å². The number of rotatable bonds is 5. The van der Waals surface area contributed by atoms with Gasteiger partial charge in [0.2, 0.25) is 0 Å². The van der Waals surface area contributed by atoms with Crippen molar-refractivity contribution >= 4 is 24.0 Å². The Kier molecular flexibility index (Phi) is 6.87. The molecule has 1 aromatic carbocycles. The number of nitrogens with two attached hydrogens (primary N) is 1. The summed E-state index contributed by atoms with van der Waals surface area (Å²) in [6.07, 6.45) is 3.41. The second-order valence-corrected chi connectivity index (χ2v) is 5.87. The summed E-state index contributed by atoms with van der Waals surface area (Å²) < 4.78 is 16.6. The molecule has 2 heterocycles. The minimum absolute atomic E-state index is 0. The minimum atomic E-state index is -0.226. The third kappa shape index (κ3) is 4.98. The first-order valence-corrected chi connectivity index (χ1v) is 8.09. The Morgan fingerprint density at radius 1 is 1.32 bits per heavy atom. The summed E-state index contributed by atoms with van der Waals surface area (Å²) in [5.74, 6) is 1.20. The van der Waals surface area contributed by atoms with Crippen molar-refractivity contribution in [3.63, 3.8) is 0 Å². The molecule has 6 nitrogen and oxygen atoms in total. The predicted octanol–water partition coefficient (Wildman–Crippen LogP) is 3.28. The minimum Gasteiger partial charge on any atom is -0.490 e. The molecule has 1 fully saturated rings. The number of benzene rings is 1. The highest BCUT2D eigenvalue weighted by Crippen LogP contribution is 2.25. The average molecular weight is 367 g/mol. The summed E-state index contributed by atoms with van der Waals surface area (Å²) in [5.41, 5.74) is 7.63. The number of anilines is 1. The topological polar surface area (TPSA) is 86.7 Å². The van der Waals surface area contributed by atoms with Crippen molar-refractivity contribution in [2.45, 2.75) is 32.4 Å². The smallest absolute Gasteiger partial charge is 0.258 e. The van der Waals surface area contributed by atoms with Gasteiger partial charge in [0, 0.05) is 18.5 Å². The van der Waals surface area contributed by atoms with E-state index in [-0.39, 0.29) is 31.0 Å². The van der Waals surface area contributed by atoms with Gasteiger partial charge in [-0.3, -0.25) is 4.79 Å². The zero-order valence-electron chi connectivity index (χ0n) is 14.1. The van der Waals surface area contributed by atoms with Crippen molar-refractivity contribution in [1.82, 2.24) is 0 Å². The molecule has 1 aromatic heterocycles. The van der Waals surface area contributed by atoms with E-state index in [2.05, 4.69) is 5.32 Å². The van der Waals surface area contributed by atoms with E-state index in [1.54, 1.807) is 6.07 Å². The molecule has 2 aromatic rings. The first-order chi connectivity index (χ1) is 11.7. The number of furan rings is 1. The summed E-state index contributed by atoms with van der Waals surface area (Å²) in [7, 11) is 0. The molecule has 0 aliphatic carbocycles. The second kappa shape index (κ2) is 8.89. The lowest BCUT2D eigenvalue weighted by Gasteiger charge is -2.24. The van der Waals surface area contributed by atoms with E-state index in [1.807, 2.05) is 25.1 Å². The molecule has 136 valence electrons. The molecule has 3 rings (SSSR count). The van der Waals surface area contributed by atoms with Crippen LogP contribution in [0.4, 0.5) is 5.69 Å². The van der Waals surface area contributed by atoms with Crippen molar-refractivity contribution in [3.8, 4) is 5.75 Å². The van der Waals surface area contributed by atoms with Gasteiger partial charge in [-0.05, 0) is 36.8 Å². The maximum absolute atomic E-state index is 12.2. The molecule has 0 unspecified atom stereocenters. The monoisotopic (exact) mass is 366 g/mol. The van der Waals surface area contributed by atoms with Gasteiger partial charge in [0.1, 0.15) is 23.9 Å². The molecule has 7 heteroatoms. The Morgan fingerprint density at radius 3 is 2.72 bits per heavy atom. The van der Waals surface area contributed by atoms with Crippen molar-refractivity contribution in [2.75, 3.05) is 18.5 Å². The quantitative estimate of drug-likeness (QED) is 0.848. The number of aryl methyl sites for hydroxylation is 1. The van der Waals surface area contributed by atoms with Gasteiger partial charge in [0.15, 0.2) is 0 Å². The first kappa shape index (κ1) is 19.3. The highest BCUT2D eigenvalue weighted by Gasteiger charge is 2.16. The summed E-state index contributed by atoms with van der Waals surface area (Å²) in [6.45, 7) is 3.72. The maximum Gasteiger partial charge on any atom is 0.258 e. The van der Waals surface area contributed by atoms with Crippen LogP contribution in [0.15, 0.2) is 34.9 Å². The van der Waals surface area contributed by atoms with Crippen molar-refractivity contribution in [2.24, 2.45) is 5.73 Å². The number of amides is 1. The number of carbonyl (C=O) groups is 1. The highest BCUT2D eigenvalue weighted by molar-refractivity contribution is 6.04. The summed E-state index contributed by atoms with van der Waals surface area (Å²) in [6, 6.07) is 7.27. The molecule has 1 aliphatic rings. The van der Waals surface area contributed by atoms with Crippen LogP contribution >= 0.6 is 12.4 Å². The van der Waals surface area contributed by atoms with Gasteiger partial charge in [0.05, 0.1) is 25.3 Å². The number of hydrogen-bond donors (Lipinski definition) is 2. The largest absolute Gasteiger partial charge is 0.490 e. The van der Waals surface area contributed by atoms with Crippen LogP contribution in [-0.2, 0) is 11.3 Å². The van der Waals surface area contributed by atoms with Gasteiger partial charge in [-0.1, -0.05) is 0 Å². The summed E-state index contributed by atoms with van der Waals surface area (Å²) in [4.78, 5) is 12.2. The Morgan fingerprint density at radius 2 is 2.08 bits per heavy atom. The zero-order valence-corrected chi connectivity index (χ0v) is 14.9. The van der Waals surface area contributed by atoms with Crippen LogP contribution in [0, 0.1) is 6.92 Å².